The summed E-state index contributed by atoms with van der Waals surface area (Å²) >= 11 is 0. The molecule has 0 fully saturated rings. The molecular weight excluding hydrogens is 206 g/mol. The summed E-state index contributed by atoms with van der Waals surface area (Å²) in [7, 11) is 1.29. The Hall–Kier alpha value is -1.71. The van der Waals surface area contributed by atoms with Crippen LogP contribution in [0.5, 0.6) is 0 Å². The van der Waals surface area contributed by atoms with Gasteiger partial charge in [0.25, 0.3) is 0 Å². The Morgan fingerprint density at radius 2 is 2.06 bits per heavy atom. The third kappa shape index (κ3) is 2.66. The number of ether oxygens (including phenoxy) is 1. The molecule has 0 aromatic carbocycles. The first-order chi connectivity index (χ1) is 7.57. The quantitative estimate of drug-likeness (QED) is 0.441. The van der Waals surface area contributed by atoms with Crippen molar-refractivity contribution in [2.45, 2.75) is 13.8 Å². The number of nitrogens with zero attached hydrogens (tertiary/aromatic N) is 1. The van der Waals surface area contributed by atoms with Gasteiger partial charge in [-0.15, -0.1) is 0 Å². The van der Waals surface area contributed by atoms with Crippen molar-refractivity contribution in [2.24, 2.45) is 11.8 Å². The van der Waals surface area contributed by atoms with Crippen molar-refractivity contribution in [1.29, 1.82) is 0 Å². The van der Waals surface area contributed by atoms with Crippen LogP contribution in [-0.2, 0) is 9.53 Å². The molecule has 0 saturated heterocycles. The minimum Gasteiger partial charge on any atom is -0.468 e. The normalized spacial score (nSPS) is 12.2. The van der Waals surface area contributed by atoms with Gasteiger partial charge in [0.1, 0.15) is 5.92 Å². The van der Waals surface area contributed by atoms with Crippen LogP contribution in [0.1, 0.15) is 24.2 Å². The lowest BCUT2D eigenvalue weighted by Crippen LogP contribution is -2.30. The Bertz CT molecular complexity index is 373. The van der Waals surface area contributed by atoms with Gasteiger partial charge in [-0.25, -0.2) is 0 Å². The van der Waals surface area contributed by atoms with E-state index in [1.807, 2.05) is 13.8 Å². The molecule has 4 nitrogen and oxygen atoms in total. The second kappa shape index (κ2) is 5.39. The van der Waals surface area contributed by atoms with Gasteiger partial charge >= 0.3 is 5.97 Å². The third-order valence-electron chi connectivity index (χ3n) is 2.35. The molecule has 0 aliphatic rings. The van der Waals surface area contributed by atoms with Crippen LogP contribution in [0.3, 0.4) is 0 Å². The molecule has 0 N–H and O–H groups in total. The number of Topliss-reactive ketones (excluding diaryl/α,β-unsaturated/α-hetero) is 1. The molecule has 1 heterocycles. The van der Waals surface area contributed by atoms with Gasteiger partial charge in [0.2, 0.25) is 0 Å². The first-order valence-electron chi connectivity index (χ1n) is 5.10. The molecule has 0 saturated carbocycles. The van der Waals surface area contributed by atoms with Crippen LogP contribution in [0.15, 0.2) is 24.5 Å². The van der Waals surface area contributed by atoms with Crippen LogP contribution < -0.4 is 0 Å². The van der Waals surface area contributed by atoms with E-state index in [0.717, 1.165) is 0 Å². The SMILES string of the molecule is COC(=O)C(C(=O)c1cccnc1)C(C)C. The largest absolute Gasteiger partial charge is 0.468 e. The molecule has 0 amide bonds. The van der Waals surface area contributed by atoms with Crippen molar-refractivity contribution >= 4 is 11.8 Å². The van der Waals surface area contributed by atoms with E-state index in [-0.39, 0.29) is 11.7 Å². The van der Waals surface area contributed by atoms with Crippen LogP contribution in [0.2, 0.25) is 0 Å². The number of rotatable bonds is 4. The second-order valence-electron chi connectivity index (χ2n) is 3.85. The maximum absolute atomic E-state index is 12.0. The molecule has 1 atom stereocenters. The average molecular weight is 221 g/mol. The Kier molecular flexibility index (Phi) is 4.17. The molecule has 0 aliphatic heterocycles. The first kappa shape index (κ1) is 12.4. The topological polar surface area (TPSA) is 56.3 Å². The lowest BCUT2D eigenvalue weighted by atomic mass is 9.88. The van der Waals surface area contributed by atoms with Crippen LogP contribution in [0.25, 0.3) is 0 Å². The zero-order chi connectivity index (χ0) is 12.1. The number of methoxy groups -OCH3 is 1. The zero-order valence-electron chi connectivity index (χ0n) is 9.64. The lowest BCUT2D eigenvalue weighted by molar-refractivity contribution is -0.144. The van der Waals surface area contributed by atoms with Gasteiger partial charge in [-0.1, -0.05) is 13.8 Å². The fourth-order valence-corrected chi connectivity index (χ4v) is 1.50. The maximum atomic E-state index is 12.0. The summed E-state index contributed by atoms with van der Waals surface area (Å²) in [6, 6.07) is 3.32. The standard InChI is InChI=1S/C12H15NO3/c1-8(2)10(12(15)16-3)11(14)9-5-4-6-13-7-9/h4-8,10H,1-3H3. The monoisotopic (exact) mass is 221 g/mol. The fraction of sp³-hybridized carbons (Fsp3) is 0.417. The number of pyridine rings is 1. The maximum Gasteiger partial charge on any atom is 0.316 e. The fourth-order valence-electron chi connectivity index (χ4n) is 1.50. The van der Waals surface area contributed by atoms with Gasteiger partial charge in [-0.05, 0) is 18.1 Å². The predicted molar refractivity (Wildman–Crippen MR) is 58.9 cm³/mol. The minimum absolute atomic E-state index is 0.0971. The van der Waals surface area contributed by atoms with E-state index in [9.17, 15) is 9.59 Å². The van der Waals surface area contributed by atoms with E-state index >= 15 is 0 Å². The Morgan fingerprint density at radius 1 is 1.38 bits per heavy atom. The van der Waals surface area contributed by atoms with Crippen LogP contribution >= 0.6 is 0 Å². The van der Waals surface area contributed by atoms with E-state index in [2.05, 4.69) is 9.72 Å². The summed E-state index contributed by atoms with van der Waals surface area (Å²) in [5.41, 5.74) is 0.437. The van der Waals surface area contributed by atoms with Crippen LogP contribution in [-0.4, -0.2) is 23.8 Å². The molecule has 1 aromatic rings. The molecule has 4 heteroatoms. The highest BCUT2D eigenvalue weighted by molar-refractivity contribution is 6.08. The number of aromatic nitrogens is 1. The highest BCUT2D eigenvalue weighted by Gasteiger charge is 2.31. The molecule has 1 unspecified atom stereocenters. The van der Waals surface area contributed by atoms with Crippen molar-refractivity contribution in [3.8, 4) is 0 Å². The Balaban J connectivity index is 2.97. The smallest absolute Gasteiger partial charge is 0.316 e. The molecular formula is C12H15NO3. The Morgan fingerprint density at radius 3 is 2.50 bits per heavy atom. The third-order valence-corrected chi connectivity index (χ3v) is 2.35. The van der Waals surface area contributed by atoms with Gasteiger partial charge < -0.3 is 4.74 Å². The van der Waals surface area contributed by atoms with Gasteiger partial charge in [0.15, 0.2) is 5.78 Å². The summed E-state index contributed by atoms with van der Waals surface area (Å²) in [6.07, 6.45) is 3.04. The lowest BCUT2D eigenvalue weighted by Gasteiger charge is -2.16. The Labute approximate surface area is 94.6 Å². The summed E-state index contributed by atoms with van der Waals surface area (Å²) in [5, 5.41) is 0. The highest BCUT2D eigenvalue weighted by atomic mass is 16.5. The van der Waals surface area contributed by atoms with E-state index in [1.54, 1.807) is 18.3 Å². The van der Waals surface area contributed by atoms with Crippen molar-refractivity contribution in [1.82, 2.24) is 4.98 Å². The van der Waals surface area contributed by atoms with Crippen molar-refractivity contribution in [2.75, 3.05) is 7.11 Å². The van der Waals surface area contributed by atoms with Gasteiger partial charge in [-0.2, -0.15) is 0 Å². The number of hydrogen-bond donors (Lipinski definition) is 0. The first-order valence-corrected chi connectivity index (χ1v) is 5.10. The van der Waals surface area contributed by atoms with E-state index in [0.29, 0.717) is 5.56 Å². The number of carbonyl (C=O) groups excluding carboxylic acids is 2. The molecule has 16 heavy (non-hydrogen) atoms. The van der Waals surface area contributed by atoms with Crippen LogP contribution in [0, 0.1) is 11.8 Å². The van der Waals surface area contributed by atoms with E-state index in [4.69, 9.17) is 0 Å². The molecule has 0 bridgehead atoms. The number of carbonyl (C=O) groups is 2. The molecule has 0 spiro atoms. The molecule has 0 aliphatic carbocycles. The van der Waals surface area contributed by atoms with Crippen molar-refractivity contribution < 1.29 is 14.3 Å². The van der Waals surface area contributed by atoms with Crippen LogP contribution in [0.4, 0.5) is 0 Å². The van der Waals surface area contributed by atoms with E-state index in [1.165, 1.54) is 13.3 Å². The van der Waals surface area contributed by atoms with Crippen molar-refractivity contribution in [3.63, 3.8) is 0 Å². The summed E-state index contributed by atoms with van der Waals surface area (Å²) < 4.78 is 4.64. The average Bonchev–Trinajstić information content (AvgIpc) is 2.29. The number of ketones is 1. The van der Waals surface area contributed by atoms with E-state index < -0.39 is 11.9 Å². The molecule has 1 aromatic heterocycles. The van der Waals surface area contributed by atoms with Gasteiger partial charge in [0, 0.05) is 18.0 Å². The van der Waals surface area contributed by atoms with Crippen molar-refractivity contribution in [3.05, 3.63) is 30.1 Å². The molecule has 1 rings (SSSR count). The summed E-state index contributed by atoms with van der Waals surface area (Å²) in [5.74, 6) is -1.59. The molecule has 86 valence electrons. The zero-order valence-corrected chi connectivity index (χ0v) is 9.64. The number of esters is 1. The summed E-state index contributed by atoms with van der Waals surface area (Å²) in [6.45, 7) is 3.63. The van der Waals surface area contributed by atoms with Gasteiger partial charge in [-0.3, -0.25) is 14.6 Å². The van der Waals surface area contributed by atoms with Gasteiger partial charge in [0.05, 0.1) is 7.11 Å². The predicted octanol–water partition coefficient (Wildman–Crippen LogP) is 1.71. The molecule has 0 radical (unpaired) electrons. The summed E-state index contributed by atoms with van der Waals surface area (Å²) in [4.78, 5) is 27.4. The second-order valence-corrected chi connectivity index (χ2v) is 3.85. The minimum atomic E-state index is -0.755. The number of hydrogen-bond acceptors (Lipinski definition) is 4. The highest BCUT2D eigenvalue weighted by Crippen LogP contribution is 2.18.